The number of methoxy groups -OCH3 is 1. The summed E-state index contributed by atoms with van der Waals surface area (Å²) >= 11 is 1.35. The second kappa shape index (κ2) is 9.25. The normalized spacial score (nSPS) is 10.6. The van der Waals surface area contributed by atoms with Crippen LogP contribution >= 0.6 is 11.3 Å². The van der Waals surface area contributed by atoms with Crippen LogP contribution in [0, 0.1) is 5.82 Å². The number of amides is 1. The van der Waals surface area contributed by atoms with Gasteiger partial charge in [-0.1, -0.05) is 12.1 Å². The van der Waals surface area contributed by atoms with Gasteiger partial charge in [-0.15, -0.1) is 11.3 Å². The number of benzene rings is 2. The van der Waals surface area contributed by atoms with Crippen molar-refractivity contribution in [3.05, 3.63) is 71.0 Å². The highest BCUT2D eigenvalue weighted by atomic mass is 32.1. The second-order valence-corrected chi connectivity index (χ2v) is 6.57. The number of ether oxygens (including phenoxy) is 2. The van der Waals surface area contributed by atoms with E-state index in [-0.39, 0.29) is 11.7 Å². The molecular weight excluding hydrogens is 367 g/mol. The first-order valence-corrected chi connectivity index (χ1v) is 9.24. The first-order chi connectivity index (χ1) is 13.2. The molecule has 0 aliphatic heterocycles. The van der Waals surface area contributed by atoms with E-state index in [0.29, 0.717) is 30.5 Å². The maximum atomic E-state index is 13.0. The van der Waals surface area contributed by atoms with Crippen LogP contribution in [0.4, 0.5) is 4.39 Å². The largest absolute Gasteiger partial charge is 0.491 e. The maximum absolute atomic E-state index is 13.0. The average Bonchev–Trinajstić information content (AvgIpc) is 3.17. The summed E-state index contributed by atoms with van der Waals surface area (Å²) in [6.07, 6.45) is 0. The zero-order valence-corrected chi connectivity index (χ0v) is 15.6. The first-order valence-electron chi connectivity index (χ1n) is 8.36. The average molecular weight is 386 g/mol. The van der Waals surface area contributed by atoms with E-state index < -0.39 is 0 Å². The molecule has 1 amide bonds. The molecule has 5 nitrogen and oxygen atoms in total. The molecule has 3 rings (SSSR count). The molecular formula is C20H19FN2O3S. The zero-order valence-electron chi connectivity index (χ0n) is 14.8. The fraction of sp³-hybridized carbons (Fsp3) is 0.200. The van der Waals surface area contributed by atoms with E-state index in [1.807, 2.05) is 24.3 Å². The van der Waals surface area contributed by atoms with E-state index >= 15 is 0 Å². The highest BCUT2D eigenvalue weighted by Crippen LogP contribution is 2.24. The van der Waals surface area contributed by atoms with Gasteiger partial charge in [-0.3, -0.25) is 4.79 Å². The smallest absolute Gasteiger partial charge is 0.271 e. The molecule has 0 saturated heterocycles. The van der Waals surface area contributed by atoms with Crippen LogP contribution in [0.5, 0.6) is 5.75 Å². The molecule has 0 atom stereocenters. The summed E-state index contributed by atoms with van der Waals surface area (Å²) in [6, 6.07) is 13.6. The minimum Gasteiger partial charge on any atom is -0.491 e. The lowest BCUT2D eigenvalue weighted by molar-refractivity contribution is 0.0946. The van der Waals surface area contributed by atoms with Crippen LogP contribution < -0.4 is 10.1 Å². The van der Waals surface area contributed by atoms with Crippen molar-refractivity contribution in [3.8, 4) is 16.3 Å². The molecule has 0 aliphatic carbocycles. The Bertz CT molecular complexity index is 896. The van der Waals surface area contributed by atoms with E-state index in [4.69, 9.17) is 9.47 Å². The number of thiazole rings is 1. The Hall–Kier alpha value is -2.77. The zero-order chi connectivity index (χ0) is 19.1. The molecule has 27 heavy (non-hydrogen) atoms. The van der Waals surface area contributed by atoms with Crippen molar-refractivity contribution in [3.63, 3.8) is 0 Å². The molecule has 1 aromatic heterocycles. The summed E-state index contributed by atoms with van der Waals surface area (Å²) in [5.74, 6) is 0.165. The van der Waals surface area contributed by atoms with Gasteiger partial charge in [0.25, 0.3) is 5.91 Å². The molecule has 1 N–H and O–H groups in total. The molecule has 2 aromatic carbocycles. The Morgan fingerprint density at radius 1 is 1.19 bits per heavy atom. The van der Waals surface area contributed by atoms with Gasteiger partial charge >= 0.3 is 0 Å². The van der Waals surface area contributed by atoms with Crippen LogP contribution in [0.2, 0.25) is 0 Å². The molecule has 0 spiro atoms. The van der Waals surface area contributed by atoms with E-state index in [0.717, 1.165) is 16.9 Å². The van der Waals surface area contributed by atoms with Crippen LogP contribution in [-0.4, -0.2) is 31.2 Å². The number of rotatable bonds is 8. The monoisotopic (exact) mass is 386 g/mol. The third kappa shape index (κ3) is 5.35. The molecule has 0 unspecified atom stereocenters. The van der Waals surface area contributed by atoms with E-state index in [1.165, 1.54) is 23.5 Å². The molecule has 140 valence electrons. The Morgan fingerprint density at radius 3 is 2.78 bits per heavy atom. The molecule has 0 aliphatic rings. The number of hydrogen-bond acceptors (Lipinski definition) is 5. The van der Waals surface area contributed by atoms with Crippen molar-refractivity contribution in [1.82, 2.24) is 10.3 Å². The number of carbonyl (C=O) groups excluding carboxylic acids is 1. The fourth-order valence-electron chi connectivity index (χ4n) is 2.36. The number of aromatic nitrogens is 1. The van der Waals surface area contributed by atoms with Crippen molar-refractivity contribution < 1.29 is 18.7 Å². The van der Waals surface area contributed by atoms with Gasteiger partial charge in [0, 0.05) is 24.6 Å². The lowest BCUT2D eigenvalue weighted by Crippen LogP contribution is -2.23. The van der Waals surface area contributed by atoms with E-state index in [2.05, 4.69) is 10.3 Å². The molecule has 7 heteroatoms. The summed E-state index contributed by atoms with van der Waals surface area (Å²) in [5.41, 5.74) is 2.04. The minimum atomic E-state index is -0.304. The Labute approximate surface area is 160 Å². The Morgan fingerprint density at radius 2 is 2.00 bits per heavy atom. The number of nitrogens with zero attached hydrogens (tertiary/aromatic N) is 1. The summed E-state index contributed by atoms with van der Waals surface area (Å²) in [5, 5.41) is 5.22. The molecule has 3 aromatic rings. The molecule has 0 bridgehead atoms. The third-order valence-corrected chi connectivity index (χ3v) is 4.63. The van der Waals surface area contributed by atoms with Gasteiger partial charge in [0.05, 0.1) is 6.61 Å². The molecule has 0 radical (unpaired) electrons. The van der Waals surface area contributed by atoms with Crippen molar-refractivity contribution >= 4 is 17.2 Å². The van der Waals surface area contributed by atoms with E-state index in [1.54, 1.807) is 24.6 Å². The van der Waals surface area contributed by atoms with Gasteiger partial charge in [0.1, 0.15) is 28.9 Å². The van der Waals surface area contributed by atoms with Gasteiger partial charge in [-0.25, -0.2) is 9.37 Å². The lowest BCUT2D eigenvalue weighted by atomic mass is 10.2. The van der Waals surface area contributed by atoms with Crippen molar-refractivity contribution in [2.24, 2.45) is 0 Å². The first kappa shape index (κ1) is 19.0. The quantitative estimate of drug-likeness (QED) is 0.597. The van der Waals surface area contributed by atoms with Gasteiger partial charge in [-0.2, -0.15) is 0 Å². The summed E-state index contributed by atoms with van der Waals surface area (Å²) in [7, 11) is 1.62. The standard InChI is InChI=1S/C20H19FN2O3S/c1-25-9-10-26-17-4-2-3-14(11-17)12-22-19(24)18-13-27-20(23-18)15-5-7-16(21)8-6-15/h2-8,11,13H,9-10,12H2,1H3,(H,22,24). The maximum Gasteiger partial charge on any atom is 0.271 e. The van der Waals surface area contributed by atoms with Gasteiger partial charge in [-0.05, 0) is 42.0 Å². The number of carbonyl (C=O) groups is 1. The topological polar surface area (TPSA) is 60.5 Å². The van der Waals surface area contributed by atoms with Crippen LogP contribution in [0.3, 0.4) is 0 Å². The van der Waals surface area contributed by atoms with Crippen LogP contribution in [0.15, 0.2) is 53.9 Å². The third-order valence-electron chi connectivity index (χ3n) is 3.74. The van der Waals surface area contributed by atoms with E-state index in [9.17, 15) is 9.18 Å². The molecule has 1 heterocycles. The van der Waals surface area contributed by atoms with Crippen LogP contribution in [-0.2, 0) is 11.3 Å². The SMILES string of the molecule is COCCOc1cccc(CNC(=O)c2csc(-c3ccc(F)cc3)n2)c1. The number of halogens is 1. The van der Waals surface area contributed by atoms with Crippen molar-refractivity contribution in [1.29, 1.82) is 0 Å². The molecule has 0 saturated carbocycles. The van der Waals surface area contributed by atoms with Crippen molar-refractivity contribution in [2.75, 3.05) is 20.3 Å². The second-order valence-electron chi connectivity index (χ2n) is 5.72. The lowest BCUT2D eigenvalue weighted by Gasteiger charge is -2.08. The highest BCUT2D eigenvalue weighted by molar-refractivity contribution is 7.13. The van der Waals surface area contributed by atoms with Gasteiger partial charge in [0.15, 0.2) is 0 Å². The minimum absolute atomic E-state index is 0.259. The molecule has 0 fully saturated rings. The predicted octanol–water partition coefficient (Wildman–Crippen LogP) is 3.90. The number of nitrogens with one attached hydrogen (secondary N) is 1. The highest BCUT2D eigenvalue weighted by Gasteiger charge is 2.12. The fourth-order valence-corrected chi connectivity index (χ4v) is 3.17. The summed E-state index contributed by atoms with van der Waals surface area (Å²) < 4.78 is 23.5. The van der Waals surface area contributed by atoms with Gasteiger partial charge < -0.3 is 14.8 Å². The van der Waals surface area contributed by atoms with Crippen LogP contribution in [0.25, 0.3) is 10.6 Å². The Kier molecular flexibility index (Phi) is 6.51. The predicted molar refractivity (Wildman–Crippen MR) is 102 cm³/mol. The van der Waals surface area contributed by atoms with Crippen LogP contribution in [0.1, 0.15) is 16.1 Å². The Balaban J connectivity index is 1.58. The number of hydrogen-bond donors (Lipinski definition) is 1. The van der Waals surface area contributed by atoms with Crippen molar-refractivity contribution in [2.45, 2.75) is 6.54 Å². The summed E-state index contributed by atoms with van der Waals surface area (Å²) in [6.45, 7) is 1.35. The van der Waals surface area contributed by atoms with Gasteiger partial charge in [0.2, 0.25) is 0 Å². The summed E-state index contributed by atoms with van der Waals surface area (Å²) in [4.78, 5) is 16.7.